The van der Waals surface area contributed by atoms with Crippen LogP contribution in [0.5, 0.6) is 0 Å². The van der Waals surface area contributed by atoms with E-state index in [1.807, 2.05) is 24.4 Å². The third kappa shape index (κ3) is 5.68. The minimum atomic E-state index is -3.43. The van der Waals surface area contributed by atoms with E-state index in [9.17, 15) is 13.2 Å². The number of sulfonamides is 1. The monoisotopic (exact) mass is 443 g/mol. The molecular weight excluding hydrogens is 414 g/mol. The first-order valence-corrected chi connectivity index (χ1v) is 12.2. The molecule has 0 spiro atoms. The van der Waals surface area contributed by atoms with Gasteiger partial charge in [0.2, 0.25) is 15.9 Å². The van der Waals surface area contributed by atoms with Crippen LogP contribution < -0.4 is 5.32 Å². The minimum Gasteiger partial charge on any atom is -0.325 e. The fourth-order valence-electron chi connectivity index (χ4n) is 4.02. The standard InChI is InChI=1S/C22H29N5O3S/c28-22(18-26-15-13-25(14-16-26)17-20-5-1-2-10-23-20)24-19-6-8-21(9-7-19)31(29,30)27-11-3-4-12-27/h1-2,5-10H,3-4,11-18H2,(H,24,28). The second kappa shape index (κ2) is 9.86. The van der Waals surface area contributed by atoms with Gasteiger partial charge in [0.1, 0.15) is 0 Å². The van der Waals surface area contributed by atoms with Crippen LogP contribution in [0.15, 0.2) is 53.6 Å². The van der Waals surface area contributed by atoms with Crippen LogP contribution in [-0.2, 0) is 21.4 Å². The van der Waals surface area contributed by atoms with Crippen molar-refractivity contribution in [1.82, 2.24) is 19.1 Å². The lowest BCUT2D eigenvalue weighted by atomic mass is 10.2. The molecule has 0 atom stereocenters. The van der Waals surface area contributed by atoms with Gasteiger partial charge in [-0.15, -0.1) is 0 Å². The van der Waals surface area contributed by atoms with Gasteiger partial charge in [-0.3, -0.25) is 19.6 Å². The fraction of sp³-hybridized carbons (Fsp3) is 0.455. The Morgan fingerprint density at radius 1 is 0.903 bits per heavy atom. The quantitative estimate of drug-likeness (QED) is 0.700. The third-order valence-corrected chi connectivity index (χ3v) is 7.70. The lowest BCUT2D eigenvalue weighted by Gasteiger charge is -2.34. The van der Waals surface area contributed by atoms with Crippen molar-refractivity contribution in [3.8, 4) is 0 Å². The Morgan fingerprint density at radius 2 is 1.58 bits per heavy atom. The van der Waals surface area contributed by atoms with Crippen molar-refractivity contribution in [2.24, 2.45) is 0 Å². The summed E-state index contributed by atoms with van der Waals surface area (Å²) in [5.41, 5.74) is 1.67. The number of benzene rings is 1. The van der Waals surface area contributed by atoms with Gasteiger partial charge < -0.3 is 5.32 Å². The van der Waals surface area contributed by atoms with Gasteiger partial charge in [0, 0.05) is 57.7 Å². The number of carbonyl (C=O) groups excluding carboxylic acids is 1. The zero-order valence-electron chi connectivity index (χ0n) is 17.6. The summed E-state index contributed by atoms with van der Waals surface area (Å²) >= 11 is 0. The molecular formula is C22H29N5O3S. The van der Waals surface area contributed by atoms with E-state index < -0.39 is 10.0 Å². The maximum Gasteiger partial charge on any atom is 0.243 e. The molecule has 166 valence electrons. The zero-order chi connectivity index (χ0) is 21.7. The lowest BCUT2D eigenvalue weighted by molar-refractivity contribution is -0.117. The van der Waals surface area contributed by atoms with Crippen molar-refractivity contribution in [2.45, 2.75) is 24.3 Å². The average Bonchev–Trinajstić information content (AvgIpc) is 3.32. The number of nitrogens with one attached hydrogen (secondary N) is 1. The molecule has 31 heavy (non-hydrogen) atoms. The van der Waals surface area contributed by atoms with Crippen LogP contribution in [-0.4, -0.2) is 79.2 Å². The summed E-state index contributed by atoms with van der Waals surface area (Å²) in [6, 6.07) is 12.4. The van der Waals surface area contributed by atoms with Crippen LogP contribution in [0.25, 0.3) is 0 Å². The molecule has 2 fully saturated rings. The highest BCUT2D eigenvalue weighted by Gasteiger charge is 2.27. The number of pyridine rings is 1. The van der Waals surface area contributed by atoms with Gasteiger partial charge in [-0.2, -0.15) is 4.31 Å². The van der Waals surface area contributed by atoms with Gasteiger partial charge in [0.05, 0.1) is 17.1 Å². The second-order valence-electron chi connectivity index (χ2n) is 8.06. The van der Waals surface area contributed by atoms with E-state index in [0.29, 0.717) is 25.3 Å². The fourth-order valence-corrected chi connectivity index (χ4v) is 5.53. The second-order valence-corrected chi connectivity index (χ2v) is 10.00. The van der Waals surface area contributed by atoms with Crippen LogP contribution in [0.4, 0.5) is 5.69 Å². The van der Waals surface area contributed by atoms with E-state index in [1.54, 1.807) is 24.3 Å². The highest BCUT2D eigenvalue weighted by molar-refractivity contribution is 7.89. The molecule has 0 saturated carbocycles. The first kappa shape index (κ1) is 21.9. The molecule has 0 radical (unpaired) electrons. The zero-order valence-corrected chi connectivity index (χ0v) is 18.4. The summed E-state index contributed by atoms with van der Waals surface area (Å²) in [5, 5.41) is 2.88. The molecule has 0 aliphatic carbocycles. The molecule has 8 nitrogen and oxygen atoms in total. The molecule has 2 saturated heterocycles. The third-order valence-electron chi connectivity index (χ3n) is 5.78. The Kier molecular flexibility index (Phi) is 6.96. The van der Waals surface area contributed by atoms with Crippen molar-refractivity contribution < 1.29 is 13.2 Å². The van der Waals surface area contributed by atoms with Crippen LogP contribution in [0.2, 0.25) is 0 Å². The van der Waals surface area contributed by atoms with Gasteiger partial charge in [0.15, 0.2) is 0 Å². The maximum absolute atomic E-state index is 12.6. The Morgan fingerprint density at radius 3 is 2.23 bits per heavy atom. The van der Waals surface area contributed by atoms with E-state index in [2.05, 4.69) is 20.1 Å². The van der Waals surface area contributed by atoms with Gasteiger partial charge >= 0.3 is 0 Å². The van der Waals surface area contributed by atoms with Crippen molar-refractivity contribution in [2.75, 3.05) is 51.1 Å². The SMILES string of the molecule is O=C(CN1CCN(Cc2ccccn2)CC1)Nc1ccc(S(=O)(=O)N2CCCC2)cc1. The molecule has 1 N–H and O–H groups in total. The summed E-state index contributed by atoms with van der Waals surface area (Å²) in [7, 11) is -3.43. The molecule has 9 heteroatoms. The summed E-state index contributed by atoms with van der Waals surface area (Å²) < 4.78 is 26.7. The molecule has 3 heterocycles. The largest absolute Gasteiger partial charge is 0.325 e. The number of rotatable bonds is 7. The van der Waals surface area contributed by atoms with Crippen LogP contribution in [0.1, 0.15) is 18.5 Å². The molecule has 4 rings (SSSR count). The summed E-state index contributed by atoms with van der Waals surface area (Å²) in [4.78, 5) is 21.6. The number of amides is 1. The number of piperazine rings is 1. The van der Waals surface area contributed by atoms with E-state index in [-0.39, 0.29) is 10.8 Å². The Balaban J connectivity index is 1.24. The minimum absolute atomic E-state index is 0.0895. The summed E-state index contributed by atoms with van der Waals surface area (Å²) in [6.45, 7) is 5.76. The average molecular weight is 444 g/mol. The summed E-state index contributed by atoms with van der Waals surface area (Å²) in [5.74, 6) is -0.0895. The molecule has 2 aliphatic rings. The molecule has 2 aliphatic heterocycles. The number of anilines is 1. The predicted molar refractivity (Wildman–Crippen MR) is 119 cm³/mol. The molecule has 0 unspecified atom stereocenters. The van der Waals surface area contributed by atoms with Gasteiger partial charge in [-0.25, -0.2) is 8.42 Å². The highest BCUT2D eigenvalue weighted by atomic mass is 32.2. The van der Waals surface area contributed by atoms with Gasteiger partial charge in [-0.1, -0.05) is 6.07 Å². The van der Waals surface area contributed by atoms with Crippen molar-refractivity contribution in [1.29, 1.82) is 0 Å². The van der Waals surface area contributed by atoms with Gasteiger partial charge in [-0.05, 0) is 49.2 Å². The van der Waals surface area contributed by atoms with E-state index in [0.717, 1.165) is 51.3 Å². The van der Waals surface area contributed by atoms with E-state index in [1.165, 1.54) is 4.31 Å². The molecule has 1 aromatic heterocycles. The molecule has 1 amide bonds. The number of hydrogen-bond donors (Lipinski definition) is 1. The first-order chi connectivity index (χ1) is 15.0. The van der Waals surface area contributed by atoms with Gasteiger partial charge in [0.25, 0.3) is 0 Å². The first-order valence-electron chi connectivity index (χ1n) is 10.8. The van der Waals surface area contributed by atoms with E-state index in [4.69, 9.17) is 0 Å². The molecule has 0 bridgehead atoms. The maximum atomic E-state index is 12.6. The van der Waals surface area contributed by atoms with Crippen molar-refractivity contribution in [3.63, 3.8) is 0 Å². The summed E-state index contributed by atoms with van der Waals surface area (Å²) in [6.07, 6.45) is 3.62. The predicted octanol–water partition coefficient (Wildman–Crippen LogP) is 1.62. The Hall–Kier alpha value is -2.33. The van der Waals surface area contributed by atoms with Crippen LogP contribution >= 0.6 is 0 Å². The topological polar surface area (TPSA) is 85.9 Å². The Labute approximate surface area is 183 Å². The molecule has 1 aromatic carbocycles. The van der Waals surface area contributed by atoms with Crippen LogP contribution in [0, 0.1) is 0 Å². The Bertz CT molecular complexity index is 968. The van der Waals surface area contributed by atoms with E-state index >= 15 is 0 Å². The normalized spacial score (nSPS) is 18.8. The number of carbonyl (C=O) groups is 1. The van der Waals surface area contributed by atoms with Crippen molar-refractivity contribution >= 4 is 21.6 Å². The molecule has 2 aromatic rings. The number of aromatic nitrogens is 1. The van der Waals surface area contributed by atoms with Crippen molar-refractivity contribution in [3.05, 3.63) is 54.4 Å². The lowest BCUT2D eigenvalue weighted by Crippen LogP contribution is -2.48. The number of hydrogen-bond acceptors (Lipinski definition) is 6. The van der Waals surface area contributed by atoms with Crippen LogP contribution in [0.3, 0.4) is 0 Å². The number of nitrogens with zero attached hydrogens (tertiary/aromatic N) is 4. The smallest absolute Gasteiger partial charge is 0.243 e. The highest BCUT2D eigenvalue weighted by Crippen LogP contribution is 2.22.